The first-order valence-corrected chi connectivity index (χ1v) is 9.78. The number of rotatable bonds is 5. The SMILES string of the molecule is Cc1ccccc1C=CC(=O)NCCN1c2cc(F)ccc2N(C)S1(=O)=O. The molecule has 1 amide bonds. The van der Waals surface area contributed by atoms with Crippen LogP contribution in [-0.4, -0.2) is 34.5 Å². The molecule has 0 radical (unpaired) electrons. The van der Waals surface area contributed by atoms with Crippen molar-refractivity contribution in [2.45, 2.75) is 6.92 Å². The van der Waals surface area contributed by atoms with E-state index in [0.717, 1.165) is 19.7 Å². The van der Waals surface area contributed by atoms with Crippen LogP contribution in [0.2, 0.25) is 0 Å². The fourth-order valence-electron chi connectivity index (χ4n) is 2.87. The van der Waals surface area contributed by atoms with E-state index in [9.17, 15) is 17.6 Å². The van der Waals surface area contributed by atoms with Crippen molar-refractivity contribution in [1.82, 2.24) is 5.32 Å². The maximum Gasteiger partial charge on any atom is 0.326 e. The molecule has 0 atom stereocenters. The first-order valence-electron chi connectivity index (χ1n) is 8.38. The molecule has 0 aliphatic carbocycles. The van der Waals surface area contributed by atoms with Crippen molar-refractivity contribution in [1.29, 1.82) is 0 Å². The third kappa shape index (κ3) is 3.80. The zero-order valence-electron chi connectivity index (χ0n) is 15.0. The number of amides is 1. The van der Waals surface area contributed by atoms with Gasteiger partial charge in [-0.1, -0.05) is 24.3 Å². The van der Waals surface area contributed by atoms with E-state index in [0.29, 0.717) is 5.69 Å². The second-order valence-corrected chi connectivity index (χ2v) is 8.05. The molecule has 2 aromatic carbocycles. The Morgan fingerprint density at radius 2 is 1.93 bits per heavy atom. The minimum Gasteiger partial charge on any atom is -0.351 e. The molecule has 0 fully saturated rings. The first-order chi connectivity index (χ1) is 12.8. The number of carbonyl (C=O) groups is 1. The Morgan fingerprint density at radius 3 is 2.67 bits per heavy atom. The summed E-state index contributed by atoms with van der Waals surface area (Å²) in [7, 11) is -2.36. The van der Waals surface area contributed by atoms with Gasteiger partial charge in [-0.3, -0.25) is 9.10 Å². The van der Waals surface area contributed by atoms with Gasteiger partial charge in [0.1, 0.15) is 5.82 Å². The molecule has 1 aliphatic heterocycles. The van der Waals surface area contributed by atoms with Crippen LogP contribution >= 0.6 is 0 Å². The summed E-state index contributed by atoms with van der Waals surface area (Å²) < 4.78 is 40.7. The van der Waals surface area contributed by atoms with Crippen LogP contribution in [0, 0.1) is 12.7 Å². The highest BCUT2D eigenvalue weighted by Crippen LogP contribution is 2.39. The number of halogens is 1. The molecule has 6 nitrogen and oxygen atoms in total. The number of nitrogens with one attached hydrogen (secondary N) is 1. The molecule has 1 aliphatic rings. The molecule has 1 N–H and O–H groups in total. The molecule has 142 valence electrons. The second-order valence-electron chi connectivity index (χ2n) is 6.16. The van der Waals surface area contributed by atoms with Crippen LogP contribution in [0.3, 0.4) is 0 Å². The summed E-state index contributed by atoms with van der Waals surface area (Å²) in [6.45, 7) is 2.05. The zero-order chi connectivity index (χ0) is 19.6. The third-order valence-corrected chi connectivity index (χ3v) is 6.21. The molecular weight excluding hydrogens is 369 g/mol. The van der Waals surface area contributed by atoms with E-state index in [1.807, 2.05) is 31.2 Å². The van der Waals surface area contributed by atoms with Gasteiger partial charge in [-0.15, -0.1) is 0 Å². The monoisotopic (exact) mass is 389 g/mol. The standard InChI is InChI=1S/C19H20FN3O3S/c1-14-5-3-4-6-15(14)7-10-19(24)21-11-12-23-18-13-16(20)8-9-17(18)22(2)27(23,25)26/h3-10,13H,11-12H2,1-2H3,(H,21,24). The first kappa shape index (κ1) is 18.9. The molecule has 27 heavy (non-hydrogen) atoms. The van der Waals surface area contributed by atoms with Gasteiger partial charge in [0.15, 0.2) is 0 Å². The van der Waals surface area contributed by atoms with Crippen molar-refractivity contribution in [2.75, 3.05) is 28.7 Å². The predicted octanol–water partition coefficient (Wildman–Crippen LogP) is 2.46. The lowest BCUT2D eigenvalue weighted by molar-refractivity contribution is -0.116. The highest BCUT2D eigenvalue weighted by atomic mass is 32.2. The Kier molecular flexibility index (Phi) is 5.18. The lowest BCUT2D eigenvalue weighted by Gasteiger charge is -2.19. The fourth-order valence-corrected chi connectivity index (χ4v) is 4.29. The van der Waals surface area contributed by atoms with Gasteiger partial charge in [0.05, 0.1) is 17.9 Å². The minimum atomic E-state index is -3.77. The molecule has 3 rings (SSSR count). The lowest BCUT2D eigenvalue weighted by atomic mass is 10.1. The summed E-state index contributed by atoms with van der Waals surface area (Å²) >= 11 is 0. The normalized spacial score (nSPS) is 15.2. The van der Waals surface area contributed by atoms with Crippen LogP contribution in [0.5, 0.6) is 0 Å². The molecular formula is C19H20FN3O3S. The molecule has 8 heteroatoms. The van der Waals surface area contributed by atoms with Crippen molar-refractivity contribution in [2.24, 2.45) is 0 Å². The van der Waals surface area contributed by atoms with Crippen molar-refractivity contribution in [3.05, 3.63) is 65.5 Å². The van der Waals surface area contributed by atoms with Gasteiger partial charge < -0.3 is 5.32 Å². The number of hydrogen-bond acceptors (Lipinski definition) is 3. The lowest BCUT2D eigenvalue weighted by Crippen LogP contribution is -2.40. The van der Waals surface area contributed by atoms with Crippen molar-refractivity contribution in [3.63, 3.8) is 0 Å². The van der Waals surface area contributed by atoms with Crippen LogP contribution in [-0.2, 0) is 15.0 Å². The average molecular weight is 389 g/mol. The van der Waals surface area contributed by atoms with Gasteiger partial charge in [0, 0.05) is 25.7 Å². The van der Waals surface area contributed by atoms with E-state index in [2.05, 4.69) is 5.32 Å². The summed E-state index contributed by atoms with van der Waals surface area (Å²) in [6.07, 6.45) is 3.11. The number of carbonyl (C=O) groups excluding carboxylic acids is 1. The van der Waals surface area contributed by atoms with E-state index in [1.165, 1.54) is 31.3 Å². The van der Waals surface area contributed by atoms with Crippen LogP contribution < -0.4 is 13.9 Å². The molecule has 0 unspecified atom stereocenters. The number of aryl methyl sites for hydroxylation is 1. The van der Waals surface area contributed by atoms with Crippen LogP contribution in [0.15, 0.2) is 48.5 Å². The number of benzene rings is 2. The van der Waals surface area contributed by atoms with Crippen LogP contribution in [0.1, 0.15) is 11.1 Å². The summed E-state index contributed by atoms with van der Waals surface area (Å²) in [4.78, 5) is 12.0. The zero-order valence-corrected chi connectivity index (χ0v) is 15.8. The molecule has 0 spiro atoms. The maximum absolute atomic E-state index is 13.5. The third-order valence-electron chi connectivity index (χ3n) is 4.39. The van der Waals surface area contributed by atoms with E-state index < -0.39 is 16.0 Å². The topological polar surface area (TPSA) is 69.7 Å². The largest absolute Gasteiger partial charge is 0.351 e. The Balaban J connectivity index is 1.64. The van der Waals surface area contributed by atoms with E-state index in [4.69, 9.17) is 0 Å². The molecule has 0 aromatic heterocycles. The maximum atomic E-state index is 13.5. The summed E-state index contributed by atoms with van der Waals surface area (Å²) in [5.41, 5.74) is 2.65. The Labute approximate surface area is 158 Å². The molecule has 0 bridgehead atoms. The Hall–Kier alpha value is -2.87. The van der Waals surface area contributed by atoms with Crippen LogP contribution in [0.25, 0.3) is 6.08 Å². The van der Waals surface area contributed by atoms with Gasteiger partial charge >= 0.3 is 10.2 Å². The number of anilines is 2. The van der Waals surface area contributed by atoms with Crippen LogP contribution in [0.4, 0.5) is 15.8 Å². The Morgan fingerprint density at radius 1 is 1.19 bits per heavy atom. The summed E-state index contributed by atoms with van der Waals surface area (Å²) in [5, 5.41) is 2.65. The quantitative estimate of drug-likeness (QED) is 0.799. The average Bonchev–Trinajstić information content (AvgIpc) is 2.81. The Bertz CT molecular complexity index is 1010. The molecule has 1 heterocycles. The second kappa shape index (κ2) is 7.40. The van der Waals surface area contributed by atoms with E-state index in [-0.39, 0.29) is 24.7 Å². The summed E-state index contributed by atoms with van der Waals surface area (Å²) in [6, 6.07) is 11.5. The number of nitrogens with zero attached hydrogens (tertiary/aromatic N) is 2. The van der Waals surface area contributed by atoms with Gasteiger partial charge in [0.2, 0.25) is 5.91 Å². The highest BCUT2D eigenvalue weighted by molar-refractivity contribution is 7.94. The van der Waals surface area contributed by atoms with Crippen molar-refractivity contribution in [3.8, 4) is 0 Å². The minimum absolute atomic E-state index is 0.00702. The van der Waals surface area contributed by atoms with E-state index in [1.54, 1.807) is 6.08 Å². The van der Waals surface area contributed by atoms with Crippen molar-refractivity contribution >= 4 is 33.6 Å². The highest BCUT2D eigenvalue weighted by Gasteiger charge is 2.37. The van der Waals surface area contributed by atoms with Gasteiger partial charge in [-0.05, 0) is 36.3 Å². The number of hydrogen-bond donors (Lipinski definition) is 1. The van der Waals surface area contributed by atoms with Gasteiger partial charge in [0.25, 0.3) is 0 Å². The summed E-state index contributed by atoms with van der Waals surface area (Å²) in [5.74, 6) is -0.850. The molecule has 0 saturated heterocycles. The van der Waals surface area contributed by atoms with Crippen molar-refractivity contribution < 1.29 is 17.6 Å². The number of fused-ring (bicyclic) bond motifs is 1. The predicted molar refractivity (Wildman–Crippen MR) is 104 cm³/mol. The fraction of sp³-hybridized carbons (Fsp3) is 0.211. The van der Waals surface area contributed by atoms with Gasteiger partial charge in [-0.25, -0.2) is 8.70 Å². The smallest absolute Gasteiger partial charge is 0.326 e. The molecule has 2 aromatic rings. The molecule has 0 saturated carbocycles. The van der Waals surface area contributed by atoms with Gasteiger partial charge in [-0.2, -0.15) is 8.42 Å². The van der Waals surface area contributed by atoms with E-state index >= 15 is 0 Å².